The SMILES string of the molecule is N#CCC(=O)Nc1cc([N+](=O)[O-])ccc1OCC(F)F. The summed E-state index contributed by atoms with van der Waals surface area (Å²) >= 11 is 0. The lowest BCUT2D eigenvalue weighted by molar-refractivity contribution is -0.384. The number of carbonyl (C=O) groups excluding carboxylic acids is 1. The summed E-state index contributed by atoms with van der Waals surface area (Å²) in [6.07, 6.45) is -3.20. The van der Waals surface area contributed by atoms with Crippen molar-refractivity contribution in [3.63, 3.8) is 0 Å². The van der Waals surface area contributed by atoms with Gasteiger partial charge in [-0.05, 0) is 6.07 Å². The number of nitriles is 1. The molecule has 0 spiro atoms. The Morgan fingerprint density at radius 3 is 2.80 bits per heavy atom. The summed E-state index contributed by atoms with van der Waals surface area (Å²) in [6, 6.07) is 4.71. The van der Waals surface area contributed by atoms with Crippen LogP contribution in [0, 0.1) is 21.4 Å². The van der Waals surface area contributed by atoms with E-state index in [1.54, 1.807) is 6.07 Å². The highest BCUT2D eigenvalue weighted by atomic mass is 19.3. The smallest absolute Gasteiger partial charge is 0.272 e. The van der Waals surface area contributed by atoms with Gasteiger partial charge in [0.15, 0.2) is 0 Å². The molecule has 0 saturated heterocycles. The molecule has 9 heteroatoms. The van der Waals surface area contributed by atoms with Crippen LogP contribution in [-0.4, -0.2) is 23.9 Å². The van der Waals surface area contributed by atoms with E-state index in [4.69, 9.17) is 10.00 Å². The number of hydrogen-bond donors (Lipinski definition) is 1. The summed E-state index contributed by atoms with van der Waals surface area (Å²) in [5, 5.41) is 21.2. The third kappa shape index (κ3) is 4.49. The highest BCUT2D eigenvalue weighted by molar-refractivity contribution is 5.93. The lowest BCUT2D eigenvalue weighted by atomic mass is 10.2. The summed E-state index contributed by atoms with van der Waals surface area (Å²) in [4.78, 5) is 21.2. The van der Waals surface area contributed by atoms with Crippen molar-refractivity contribution >= 4 is 17.3 Å². The largest absolute Gasteiger partial charge is 0.485 e. The van der Waals surface area contributed by atoms with Crippen molar-refractivity contribution < 1.29 is 23.2 Å². The zero-order valence-corrected chi connectivity index (χ0v) is 10.0. The van der Waals surface area contributed by atoms with E-state index in [-0.39, 0.29) is 17.1 Å². The van der Waals surface area contributed by atoms with E-state index in [1.807, 2.05) is 0 Å². The monoisotopic (exact) mass is 285 g/mol. The number of amides is 1. The quantitative estimate of drug-likeness (QED) is 0.636. The van der Waals surface area contributed by atoms with Crippen molar-refractivity contribution in [3.05, 3.63) is 28.3 Å². The number of hydrogen-bond acceptors (Lipinski definition) is 5. The Hall–Kier alpha value is -2.76. The Labute approximate surface area is 111 Å². The van der Waals surface area contributed by atoms with Crippen LogP contribution in [0.3, 0.4) is 0 Å². The molecule has 106 valence electrons. The minimum absolute atomic E-state index is 0.137. The number of carbonyl (C=O) groups is 1. The van der Waals surface area contributed by atoms with Gasteiger partial charge in [0.2, 0.25) is 5.91 Å². The molecule has 0 aliphatic heterocycles. The number of halogens is 2. The Morgan fingerprint density at radius 2 is 2.25 bits per heavy atom. The van der Waals surface area contributed by atoms with Gasteiger partial charge in [0.1, 0.15) is 18.8 Å². The average molecular weight is 285 g/mol. The number of anilines is 1. The van der Waals surface area contributed by atoms with Crippen LogP contribution in [0.5, 0.6) is 5.75 Å². The van der Waals surface area contributed by atoms with Crippen LogP contribution in [0.1, 0.15) is 6.42 Å². The Kier molecular flexibility index (Phi) is 5.34. The fourth-order valence-corrected chi connectivity index (χ4v) is 1.27. The first kappa shape index (κ1) is 15.3. The third-order valence-corrected chi connectivity index (χ3v) is 2.05. The Balaban J connectivity index is 3.00. The molecule has 0 aliphatic carbocycles. The normalized spacial score (nSPS) is 9.90. The van der Waals surface area contributed by atoms with Crippen LogP contribution in [-0.2, 0) is 4.79 Å². The van der Waals surface area contributed by atoms with Crippen molar-refractivity contribution in [1.82, 2.24) is 0 Å². The third-order valence-electron chi connectivity index (χ3n) is 2.05. The van der Waals surface area contributed by atoms with Gasteiger partial charge >= 0.3 is 0 Å². The predicted molar refractivity (Wildman–Crippen MR) is 63.5 cm³/mol. The zero-order valence-electron chi connectivity index (χ0n) is 10.0. The van der Waals surface area contributed by atoms with Gasteiger partial charge in [-0.1, -0.05) is 0 Å². The van der Waals surface area contributed by atoms with Gasteiger partial charge in [-0.25, -0.2) is 8.78 Å². The first-order valence-corrected chi connectivity index (χ1v) is 5.30. The van der Waals surface area contributed by atoms with E-state index in [0.717, 1.165) is 18.2 Å². The number of nitrogens with one attached hydrogen (secondary N) is 1. The van der Waals surface area contributed by atoms with Crippen molar-refractivity contribution in [2.24, 2.45) is 0 Å². The predicted octanol–water partition coefficient (Wildman–Crippen LogP) is 2.09. The fraction of sp³-hybridized carbons (Fsp3) is 0.273. The number of rotatable bonds is 6. The minimum Gasteiger partial charge on any atom is -0.485 e. The lowest BCUT2D eigenvalue weighted by Gasteiger charge is -2.11. The topological polar surface area (TPSA) is 105 Å². The summed E-state index contributed by atoms with van der Waals surface area (Å²) in [5.74, 6) is -0.864. The van der Waals surface area contributed by atoms with E-state index in [9.17, 15) is 23.7 Å². The number of nitrogens with zero attached hydrogens (tertiary/aromatic N) is 2. The summed E-state index contributed by atoms with van der Waals surface area (Å²) in [7, 11) is 0. The molecule has 1 rings (SSSR count). The molecular weight excluding hydrogens is 276 g/mol. The number of ether oxygens (including phenoxy) is 1. The van der Waals surface area contributed by atoms with E-state index in [1.165, 1.54) is 0 Å². The molecule has 1 N–H and O–H groups in total. The van der Waals surface area contributed by atoms with Crippen molar-refractivity contribution in [3.8, 4) is 11.8 Å². The molecule has 0 radical (unpaired) electrons. The van der Waals surface area contributed by atoms with Crippen molar-refractivity contribution in [2.45, 2.75) is 12.8 Å². The van der Waals surface area contributed by atoms with Gasteiger partial charge in [-0.2, -0.15) is 5.26 Å². The van der Waals surface area contributed by atoms with Crippen LogP contribution in [0.25, 0.3) is 0 Å². The van der Waals surface area contributed by atoms with Gasteiger partial charge in [-0.3, -0.25) is 14.9 Å². The summed E-state index contributed by atoms with van der Waals surface area (Å²) in [5.41, 5.74) is -0.484. The average Bonchev–Trinajstić information content (AvgIpc) is 2.37. The maximum Gasteiger partial charge on any atom is 0.272 e. The highest BCUT2D eigenvalue weighted by Gasteiger charge is 2.15. The molecular formula is C11H9F2N3O4. The van der Waals surface area contributed by atoms with Gasteiger partial charge < -0.3 is 10.1 Å². The molecule has 0 heterocycles. The minimum atomic E-state index is -2.73. The number of alkyl halides is 2. The number of benzene rings is 1. The maximum absolute atomic E-state index is 12.1. The standard InChI is InChI=1S/C11H9F2N3O4/c12-10(13)6-20-9-2-1-7(16(18)19)5-8(9)15-11(17)3-4-14/h1-2,5,10H,3,6H2,(H,15,17). The molecule has 0 fully saturated rings. The molecule has 0 aliphatic rings. The Morgan fingerprint density at radius 1 is 1.55 bits per heavy atom. The molecule has 0 saturated carbocycles. The van der Waals surface area contributed by atoms with Crippen LogP contribution in [0.2, 0.25) is 0 Å². The molecule has 0 atom stereocenters. The maximum atomic E-state index is 12.1. The molecule has 0 aromatic heterocycles. The highest BCUT2D eigenvalue weighted by Crippen LogP contribution is 2.29. The molecule has 1 aromatic carbocycles. The van der Waals surface area contributed by atoms with E-state index >= 15 is 0 Å². The molecule has 1 amide bonds. The molecule has 1 aromatic rings. The molecule has 0 unspecified atom stereocenters. The second-order valence-electron chi connectivity index (χ2n) is 3.52. The van der Waals surface area contributed by atoms with Crippen molar-refractivity contribution in [2.75, 3.05) is 11.9 Å². The second kappa shape index (κ2) is 6.98. The first-order valence-electron chi connectivity index (χ1n) is 5.30. The summed E-state index contributed by atoms with van der Waals surface area (Å²) < 4.78 is 28.9. The van der Waals surface area contributed by atoms with Crippen LogP contribution >= 0.6 is 0 Å². The van der Waals surface area contributed by atoms with Gasteiger partial charge in [-0.15, -0.1) is 0 Å². The number of nitro groups is 1. The number of non-ortho nitro benzene ring substituents is 1. The van der Waals surface area contributed by atoms with Gasteiger partial charge in [0.05, 0.1) is 16.7 Å². The number of nitro benzene ring substituents is 1. The van der Waals surface area contributed by atoms with Gasteiger partial charge in [0.25, 0.3) is 12.1 Å². The summed E-state index contributed by atoms with van der Waals surface area (Å²) in [6.45, 7) is -0.918. The molecule has 7 nitrogen and oxygen atoms in total. The fourth-order valence-electron chi connectivity index (χ4n) is 1.27. The van der Waals surface area contributed by atoms with Gasteiger partial charge in [0, 0.05) is 12.1 Å². The van der Waals surface area contributed by atoms with E-state index < -0.39 is 30.3 Å². The molecule has 20 heavy (non-hydrogen) atoms. The lowest BCUT2D eigenvalue weighted by Crippen LogP contribution is -2.13. The van der Waals surface area contributed by atoms with Crippen LogP contribution in [0.15, 0.2) is 18.2 Å². The van der Waals surface area contributed by atoms with Crippen LogP contribution < -0.4 is 10.1 Å². The van der Waals surface area contributed by atoms with Crippen LogP contribution in [0.4, 0.5) is 20.2 Å². The van der Waals surface area contributed by atoms with Crippen molar-refractivity contribution in [1.29, 1.82) is 5.26 Å². The first-order chi connectivity index (χ1) is 9.43. The second-order valence-corrected chi connectivity index (χ2v) is 3.52. The van der Waals surface area contributed by atoms with E-state index in [0.29, 0.717) is 0 Å². The molecule has 0 bridgehead atoms. The zero-order chi connectivity index (χ0) is 15.1. The Bertz CT molecular complexity index is 557. The van der Waals surface area contributed by atoms with E-state index in [2.05, 4.69) is 5.32 Å².